The number of rotatable bonds is 5. The molecule has 166 valence electrons. The maximum atomic E-state index is 11.6. The van der Waals surface area contributed by atoms with Crippen LogP contribution in [0, 0.1) is 0 Å². The molecule has 0 aliphatic heterocycles. The van der Waals surface area contributed by atoms with Gasteiger partial charge in [-0.3, -0.25) is 9.59 Å². The second-order valence-electron chi connectivity index (χ2n) is 8.56. The van der Waals surface area contributed by atoms with Gasteiger partial charge in [-0.1, -0.05) is 78.9 Å². The number of carbonyl (C=O) groups excluding carboxylic acids is 2. The second kappa shape index (κ2) is 8.54. The number of fused-ring (bicyclic) bond motifs is 3. The lowest BCUT2D eigenvalue weighted by Crippen LogP contribution is -2.00. The molecule has 35 heavy (non-hydrogen) atoms. The third-order valence-electron chi connectivity index (χ3n) is 6.51. The minimum Gasteiger partial charge on any atom is -0.308 e. The lowest BCUT2D eigenvalue weighted by atomic mass is 9.95. The molecule has 0 N–H and O–H groups in total. The average Bonchev–Trinajstić information content (AvgIpc) is 3.26. The minimum atomic E-state index is 0.604. The van der Waals surface area contributed by atoms with E-state index in [1.165, 1.54) is 0 Å². The Kier molecular flexibility index (Phi) is 5.08. The van der Waals surface area contributed by atoms with Crippen molar-refractivity contribution < 1.29 is 9.59 Å². The van der Waals surface area contributed by atoms with Crippen LogP contribution < -0.4 is 0 Å². The van der Waals surface area contributed by atoms with Crippen LogP contribution in [0.1, 0.15) is 20.7 Å². The average molecular weight is 452 g/mol. The number of hydrogen-bond donors (Lipinski definition) is 0. The molecule has 0 unspecified atom stereocenters. The van der Waals surface area contributed by atoms with E-state index in [1.807, 2.05) is 72.8 Å². The van der Waals surface area contributed by atoms with E-state index in [0.717, 1.165) is 62.3 Å². The minimum absolute atomic E-state index is 0.604. The molecule has 0 aliphatic rings. The first-order valence-electron chi connectivity index (χ1n) is 11.5. The summed E-state index contributed by atoms with van der Waals surface area (Å²) in [6, 6.07) is 38.6. The molecule has 1 aromatic heterocycles. The van der Waals surface area contributed by atoms with Crippen molar-refractivity contribution >= 4 is 34.4 Å². The summed E-state index contributed by atoms with van der Waals surface area (Å²) in [6.45, 7) is 0. The highest BCUT2D eigenvalue weighted by atomic mass is 16.1. The Bertz CT molecular complexity index is 1590. The van der Waals surface area contributed by atoms with Crippen molar-refractivity contribution in [2.24, 2.45) is 0 Å². The highest BCUT2D eigenvalue weighted by Gasteiger charge is 2.20. The number of carbonyl (C=O) groups is 2. The van der Waals surface area contributed by atoms with E-state index in [4.69, 9.17) is 0 Å². The topological polar surface area (TPSA) is 39.1 Å². The number of benzene rings is 5. The van der Waals surface area contributed by atoms with Gasteiger partial charge >= 0.3 is 0 Å². The zero-order chi connectivity index (χ0) is 23.8. The van der Waals surface area contributed by atoms with Crippen LogP contribution in [0.2, 0.25) is 0 Å². The Morgan fingerprint density at radius 3 is 1.37 bits per heavy atom. The van der Waals surface area contributed by atoms with Gasteiger partial charge in [-0.15, -0.1) is 0 Å². The molecule has 0 aliphatic carbocycles. The van der Waals surface area contributed by atoms with Crippen molar-refractivity contribution in [1.29, 1.82) is 0 Å². The van der Waals surface area contributed by atoms with Crippen LogP contribution in [-0.2, 0) is 0 Å². The van der Waals surface area contributed by atoms with Gasteiger partial charge in [0, 0.05) is 33.0 Å². The highest BCUT2D eigenvalue weighted by molar-refractivity contribution is 6.12. The van der Waals surface area contributed by atoms with E-state index >= 15 is 0 Å². The van der Waals surface area contributed by atoms with Crippen LogP contribution in [0.5, 0.6) is 0 Å². The molecule has 0 amide bonds. The van der Waals surface area contributed by atoms with Gasteiger partial charge in [-0.25, -0.2) is 0 Å². The van der Waals surface area contributed by atoms with E-state index in [-0.39, 0.29) is 0 Å². The summed E-state index contributed by atoms with van der Waals surface area (Å²) < 4.78 is 2.26. The zero-order valence-corrected chi connectivity index (χ0v) is 18.9. The second-order valence-corrected chi connectivity index (χ2v) is 8.56. The van der Waals surface area contributed by atoms with Crippen molar-refractivity contribution in [3.05, 3.63) is 126 Å². The summed E-state index contributed by atoms with van der Waals surface area (Å²) in [5, 5.41) is 1.88. The Balaban J connectivity index is 1.80. The molecule has 6 aromatic rings. The number of para-hydroxylation sites is 1. The van der Waals surface area contributed by atoms with Crippen LogP contribution in [-0.4, -0.2) is 17.1 Å². The number of aldehydes is 2. The maximum Gasteiger partial charge on any atom is 0.150 e. The van der Waals surface area contributed by atoms with Gasteiger partial charge in [0.25, 0.3) is 0 Å². The molecule has 6 rings (SSSR count). The number of hydrogen-bond acceptors (Lipinski definition) is 2. The fourth-order valence-electron chi connectivity index (χ4n) is 4.93. The lowest BCUT2D eigenvalue weighted by molar-refractivity contribution is 0.111. The van der Waals surface area contributed by atoms with Crippen LogP contribution in [0.4, 0.5) is 0 Å². The number of aromatic nitrogens is 1. The molecule has 3 nitrogen and oxygen atoms in total. The Morgan fingerprint density at radius 2 is 0.943 bits per heavy atom. The molecule has 3 heteroatoms. The third kappa shape index (κ3) is 3.46. The lowest BCUT2D eigenvalue weighted by Gasteiger charge is -2.19. The molecule has 0 saturated carbocycles. The first-order chi connectivity index (χ1) is 17.3. The van der Waals surface area contributed by atoms with Crippen molar-refractivity contribution in [2.75, 3.05) is 0 Å². The summed E-state index contributed by atoms with van der Waals surface area (Å²) in [5.74, 6) is 0. The molecular weight excluding hydrogens is 430 g/mol. The molecule has 0 radical (unpaired) electrons. The molecule has 0 bridgehead atoms. The molecule has 0 saturated heterocycles. The normalized spacial score (nSPS) is 11.1. The van der Waals surface area contributed by atoms with E-state index in [9.17, 15) is 9.59 Å². The predicted octanol–water partition coefficient (Wildman–Crippen LogP) is 7.74. The first kappa shape index (κ1) is 20.8. The highest BCUT2D eigenvalue weighted by Crippen LogP contribution is 2.41. The van der Waals surface area contributed by atoms with Crippen LogP contribution >= 0.6 is 0 Å². The Morgan fingerprint density at radius 1 is 0.486 bits per heavy atom. The van der Waals surface area contributed by atoms with Crippen molar-refractivity contribution in [2.45, 2.75) is 0 Å². The molecular formula is C32H21NO2. The van der Waals surface area contributed by atoms with Crippen molar-refractivity contribution in [3.63, 3.8) is 0 Å². The van der Waals surface area contributed by atoms with Gasteiger partial charge in [-0.05, 0) is 47.5 Å². The largest absolute Gasteiger partial charge is 0.308 e. The SMILES string of the molecule is O=Cc1ccc2c(c1)c1cc(C=O)ccc1n2-c1c(-c2ccccc2)cccc1-c1ccccc1. The molecule has 0 spiro atoms. The number of nitrogens with zero attached hydrogens (tertiary/aromatic N) is 1. The van der Waals surface area contributed by atoms with Gasteiger partial charge in [0.05, 0.1) is 16.7 Å². The van der Waals surface area contributed by atoms with Crippen molar-refractivity contribution in [3.8, 4) is 27.9 Å². The molecule has 0 atom stereocenters. The van der Waals surface area contributed by atoms with Crippen LogP contribution in [0.15, 0.2) is 115 Å². The van der Waals surface area contributed by atoms with Gasteiger partial charge in [-0.2, -0.15) is 0 Å². The van der Waals surface area contributed by atoms with Crippen LogP contribution in [0.25, 0.3) is 49.7 Å². The third-order valence-corrected chi connectivity index (χ3v) is 6.51. The first-order valence-corrected chi connectivity index (χ1v) is 11.5. The summed E-state index contributed by atoms with van der Waals surface area (Å²) >= 11 is 0. The van der Waals surface area contributed by atoms with E-state index in [2.05, 4.69) is 47.0 Å². The Labute approximate surface area is 202 Å². The van der Waals surface area contributed by atoms with Gasteiger partial charge in [0.2, 0.25) is 0 Å². The zero-order valence-electron chi connectivity index (χ0n) is 18.9. The predicted molar refractivity (Wildman–Crippen MR) is 142 cm³/mol. The van der Waals surface area contributed by atoms with E-state index in [0.29, 0.717) is 11.1 Å². The summed E-state index contributed by atoms with van der Waals surface area (Å²) in [4.78, 5) is 23.2. The smallest absolute Gasteiger partial charge is 0.150 e. The summed E-state index contributed by atoms with van der Waals surface area (Å²) in [7, 11) is 0. The van der Waals surface area contributed by atoms with E-state index < -0.39 is 0 Å². The van der Waals surface area contributed by atoms with Gasteiger partial charge in [0.15, 0.2) is 0 Å². The van der Waals surface area contributed by atoms with Gasteiger partial charge in [0.1, 0.15) is 12.6 Å². The van der Waals surface area contributed by atoms with E-state index in [1.54, 1.807) is 0 Å². The van der Waals surface area contributed by atoms with Gasteiger partial charge < -0.3 is 4.57 Å². The quantitative estimate of drug-likeness (QED) is 0.251. The molecule has 5 aromatic carbocycles. The van der Waals surface area contributed by atoms with Crippen LogP contribution in [0.3, 0.4) is 0 Å². The standard InChI is InChI=1S/C32H21NO2/c34-20-22-14-16-30-28(18-22)29-19-23(21-35)15-17-31(29)33(30)32-26(24-8-3-1-4-9-24)12-7-13-27(32)25-10-5-2-6-11-25/h1-21H. The Hall–Kier alpha value is -4.76. The fraction of sp³-hybridized carbons (Fsp3) is 0. The molecule has 0 fully saturated rings. The molecule has 1 heterocycles. The van der Waals surface area contributed by atoms with Crippen molar-refractivity contribution in [1.82, 2.24) is 4.57 Å². The fourth-order valence-corrected chi connectivity index (χ4v) is 4.93. The summed E-state index contributed by atoms with van der Waals surface area (Å²) in [6.07, 6.45) is 1.72. The monoisotopic (exact) mass is 451 g/mol. The summed E-state index contributed by atoms with van der Waals surface area (Å²) in [5.41, 5.74) is 8.66. The maximum absolute atomic E-state index is 11.6.